The summed E-state index contributed by atoms with van der Waals surface area (Å²) in [6, 6.07) is 14.7. The summed E-state index contributed by atoms with van der Waals surface area (Å²) in [6.45, 7) is 1.81. The fourth-order valence-corrected chi connectivity index (χ4v) is 4.73. The van der Waals surface area contributed by atoms with Gasteiger partial charge < -0.3 is 4.74 Å². The van der Waals surface area contributed by atoms with E-state index >= 15 is 0 Å². The van der Waals surface area contributed by atoms with Crippen molar-refractivity contribution in [3.63, 3.8) is 0 Å². The highest BCUT2D eigenvalue weighted by atomic mass is 32.2. The van der Waals surface area contributed by atoms with Crippen LogP contribution in [-0.2, 0) is 10.0 Å². The van der Waals surface area contributed by atoms with Gasteiger partial charge in [-0.1, -0.05) is 36.4 Å². The van der Waals surface area contributed by atoms with Crippen LogP contribution < -0.4 is 9.46 Å². The molecule has 0 atom stereocenters. The second-order valence-corrected chi connectivity index (χ2v) is 8.36. The van der Waals surface area contributed by atoms with E-state index in [1.165, 1.54) is 18.4 Å². The molecule has 0 unspecified atom stereocenters. The van der Waals surface area contributed by atoms with Crippen LogP contribution in [0.3, 0.4) is 0 Å². The Hall–Kier alpha value is -2.91. The SMILES string of the molecule is COc1ccc(C)cc1S(=O)(=O)Nc1nc2scc(-c3ccccc3)n2n1. The average molecular weight is 400 g/mol. The number of sulfonamides is 1. The van der Waals surface area contributed by atoms with Gasteiger partial charge in [-0.25, -0.2) is 17.7 Å². The highest BCUT2D eigenvalue weighted by Crippen LogP contribution is 2.28. The van der Waals surface area contributed by atoms with Gasteiger partial charge in [-0.3, -0.25) is 0 Å². The molecule has 2 aromatic heterocycles. The second-order valence-electron chi connectivity index (χ2n) is 5.88. The van der Waals surface area contributed by atoms with Gasteiger partial charge in [0, 0.05) is 10.9 Å². The molecule has 4 rings (SSSR count). The third-order valence-electron chi connectivity index (χ3n) is 3.99. The van der Waals surface area contributed by atoms with Crippen molar-refractivity contribution in [3.05, 3.63) is 59.5 Å². The van der Waals surface area contributed by atoms with Crippen LogP contribution in [0.2, 0.25) is 0 Å². The van der Waals surface area contributed by atoms with Crippen molar-refractivity contribution in [2.24, 2.45) is 0 Å². The van der Waals surface area contributed by atoms with E-state index < -0.39 is 10.0 Å². The minimum atomic E-state index is -3.89. The minimum Gasteiger partial charge on any atom is -0.495 e. The Morgan fingerprint density at radius 3 is 2.67 bits per heavy atom. The first kappa shape index (κ1) is 17.5. The van der Waals surface area contributed by atoms with Gasteiger partial charge in [0.2, 0.25) is 4.96 Å². The number of anilines is 1. The van der Waals surface area contributed by atoms with Gasteiger partial charge in [0.15, 0.2) is 0 Å². The number of aryl methyl sites for hydroxylation is 1. The summed E-state index contributed by atoms with van der Waals surface area (Å²) < 4.78 is 34.9. The summed E-state index contributed by atoms with van der Waals surface area (Å²) in [5.74, 6) is 0.279. The standard InChI is InChI=1S/C18H16N4O3S2/c1-12-8-9-15(25-2)16(10-12)27(23,24)21-17-19-18-22(20-17)14(11-26-18)13-6-4-3-5-7-13/h3-11H,1-2H3,(H,20,21). The number of nitrogens with zero attached hydrogens (tertiary/aromatic N) is 3. The Kier molecular flexibility index (Phi) is 4.33. The number of hydrogen-bond donors (Lipinski definition) is 1. The van der Waals surface area contributed by atoms with E-state index in [4.69, 9.17) is 4.74 Å². The highest BCUT2D eigenvalue weighted by Gasteiger charge is 2.22. The van der Waals surface area contributed by atoms with Gasteiger partial charge >= 0.3 is 0 Å². The molecule has 0 bridgehead atoms. The van der Waals surface area contributed by atoms with Crippen LogP contribution in [0, 0.1) is 6.92 Å². The lowest BCUT2D eigenvalue weighted by atomic mass is 10.2. The normalized spacial score (nSPS) is 11.6. The van der Waals surface area contributed by atoms with Crippen molar-refractivity contribution in [1.82, 2.24) is 14.6 Å². The Bertz CT molecular complexity index is 1210. The van der Waals surface area contributed by atoms with Gasteiger partial charge in [0.25, 0.3) is 16.0 Å². The van der Waals surface area contributed by atoms with Crippen molar-refractivity contribution < 1.29 is 13.2 Å². The molecule has 0 fully saturated rings. The van der Waals surface area contributed by atoms with Crippen molar-refractivity contribution in [3.8, 4) is 17.0 Å². The zero-order chi connectivity index (χ0) is 19.0. The van der Waals surface area contributed by atoms with Crippen LogP contribution in [0.15, 0.2) is 58.8 Å². The quantitative estimate of drug-likeness (QED) is 0.553. The Labute approximate surface area is 160 Å². The first-order valence-electron chi connectivity index (χ1n) is 8.05. The van der Waals surface area contributed by atoms with Crippen LogP contribution in [0.25, 0.3) is 16.2 Å². The Morgan fingerprint density at radius 1 is 1.15 bits per heavy atom. The number of hydrogen-bond acceptors (Lipinski definition) is 6. The van der Waals surface area contributed by atoms with Gasteiger partial charge in [-0.2, -0.15) is 4.98 Å². The molecule has 0 aliphatic heterocycles. The average Bonchev–Trinajstić information content (AvgIpc) is 3.22. The topological polar surface area (TPSA) is 85.6 Å². The first-order chi connectivity index (χ1) is 13.0. The van der Waals surface area contributed by atoms with E-state index in [0.29, 0.717) is 4.96 Å². The van der Waals surface area contributed by atoms with E-state index in [2.05, 4.69) is 14.8 Å². The minimum absolute atomic E-state index is 0.0163. The molecule has 0 aliphatic rings. The molecule has 7 nitrogen and oxygen atoms in total. The van der Waals surface area contributed by atoms with E-state index in [0.717, 1.165) is 16.8 Å². The molecule has 0 spiro atoms. The number of fused-ring (bicyclic) bond motifs is 1. The van der Waals surface area contributed by atoms with E-state index in [9.17, 15) is 8.42 Å². The largest absolute Gasteiger partial charge is 0.495 e. The maximum absolute atomic E-state index is 12.8. The number of nitrogens with one attached hydrogen (secondary N) is 1. The zero-order valence-corrected chi connectivity index (χ0v) is 16.2. The molecule has 0 saturated heterocycles. The molecule has 27 heavy (non-hydrogen) atoms. The van der Waals surface area contributed by atoms with Crippen LogP contribution in [0.4, 0.5) is 5.95 Å². The third kappa shape index (κ3) is 3.26. The maximum atomic E-state index is 12.8. The highest BCUT2D eigenvalue weighted by molar-refractivity contribution is 7.92. The van der Waals surface area contributed by atoms with Crippen molar-refractivity contribution >= 4 is 32.3 Å². The third-order valence-corrected chi connectivity index (χ3v) is 6.15. The van der Waals surface area contributed by atoms with Gasteiger partial charge in [0.05, 0.1) is 12.8 Å². The number of rotatable bonds is 5. The zero-order valence-electron chi connectivity index (χ0n) is 14.6. The number of ether oxygens (including phenoxy) is 1. The molecule has 1 N–H and O–H groups in total. The summed E-state index contributed by atoms with van der Waals surface area (Å²) in [5.41, 5.74) is 2.63. The smallest absolute Gasteiger partial charge is 0.267 e. The predicted molar refractivity (Wildman–Crippen MR) is 105 cm³/mol. The molecule has 2 aromatic carbocycles. The van der Waals surface area contributed by atoms with E-state index in [-0.39, 0.29) is 16.6 Å². The molecule has 9 heteroatoms. The first-order valence-corrected chi connectivity index (χ1v) is 10.4. The number of benzene rings is 2. The maximum Gasteiger partial charge on any atom is 0.267 e. The summed E-state index contributed by atoms with van der Waals surface area (Å²) >= 11 is 1.39. The number of methoxy groups -OCH3 is 1. The molecule has 0 amide bonds. The monoisotopic (exact) mass is 400 g/mol. The molecule has 4 aromatic rings. The number of aromatic nitrogens is 3. The van der Waals surface area contributed by atoms with Crippen LogP contribution in [0.1, 0.15) is 5.56 Å². The molecular formula is C18H16N4O3S2. The summed E-state index contributed by atoms with van der Waals surface area (Å²) in [4.78, 5) is 4.93. The lowest BCUT2D eigenvalue weighted by molar-refractivity contribution is 0.402. The second kappa shape index (κ2) is 6.67. The molecule has 0 aliphatic carbocycles. The molecule has 0 saturated carbocycles. The van der Waals surface area contributed by atoms with Crippen LogP contribution >= 0.6 is 11.3 Å². The Morgan fingerprint density at radius 2 is 1.93 bits per heavy atom. The Balaban J connectivity index is 1.72. The van der Waals surface area contributed by atoms with Gasteiger partial charge in [-0.15, -0.1) is 16.4 Å². The lowest BCUT2D eigenvalue weighted by Gasteiger charge is -2.10. The molecule has 138 valence electrons. The predicted octanol–water partition coefficient (Wildman–Crippen LogP) is 3.58. The fourth-order valence-electron chi connectivity index (χ4n) is 2.70. The summed E-state index contributed by atoms with van der Waals surface area (Å²) in [7, 11) is -2.46. The van der Waals surface area contributed by atoms with Crippen molar-refractivity contribution in [2.45, 2.75) is 11.8 Å². The molecular weight excluding hydrogens is 384 g/mol. The van der Waals surface area contributed by atoms with Gasteiger partial charge in [-0.05, 0) is 24.6 Å². The number of thiazole rings is 1. The summed E-state index contributed by atoms with van der Waals surface area (Å²) in [5, 5.41) is 6.26. The molecule has 2 heterocycles. The van der Waals surface area contributed by atoms with Crippen molar-refractivity contribution in [2.75, 3.05) is 11.8 Å². The van der Waals surface area contributed by atoms with Crippen LogP contribution in [-0.4, -0.2) is 30.1 Å². The fraction of sp³-hybridized carbons (Fsp3) is 0.111. The van der Waals surface area contributed by atoms with Crippen molar-refractivity contribution in [1.29, 1.82) is 0 Å². The molecule has 0 radical (unpaired) electrons. The van der Waals surface area contributed by atoms with Gasteiger partial charge in [0.1, 0.15) is 10.6 Å². The summed E-state index contributed by atoms with van der Waals surface area (Å²) in [6.07, 6.45) is 0. The lowest BCUT2D eigenvalue weighted by Crippen LogP contribution is -2.15. The van der Waals surface area contributed by atoms with E-state index in [1.54, 1.807) is 22.7 Å². The van der Waals surface area contributed by atoms with Crippen LogP contribution in [0.5, 0.6) is 5.75 Å². The van der Waals surface area contributed by atoms with E-state index in [1.807, 2.05) is 42.6 Å².